The van der Waals surface area contributed by atoms with Gasteiger partial charge in [0, 0.05) is 0 Å². The molecule has 4 nitrogen and oxygen atoms in total. The molecule has 0 spiro atoms. The van der Waals surface area contributed by atoms with Gasteiger partial charge in [-0.2, -0.15) is 0 Å². The van der Waals surface area contributed by atoms with E-state index in [4.69, 9.17) is 17.0 Å². The van der Waals surface area contributed by atoms with Crippen molar-refractivity contribution in [3.8, 4) is 0 Å². The fourth-order valence-corrected chi connectivity index (χ4v) is 3.98. The number of nitrogens with zero attached hydrogens (tertiary/aromatic N) is 1. The maximum absolute atomic E-state index is 12.8. The Bertz CT molecular complexity index is 915. The molecule has 27 heavy (non-hydrogen) atoms. The van der Waals surface area contributed by atoms with Crippen LogP contribution in [-0.2, 0) is 9.53 Å². The van der Waals surface area contributed by atoms with Gasteiger partial charge in [-0.25, -0.2) is 4.79 Å². The topological polar surface area (TPSA) is 46.6 Å². The molecule has 0 bridgehead atoms. The summed E-state index contributed by atoms with van der Waals surface area (Å²) in [6.45, 7) is 4.29. The first kappa shape index (κ1) is 19.3. The van der Waals surface area contributed by atoms with Crippen LogP contribution in [0.15, 0.2) is 53.4 Å². The number of benzene rings is 2. The number of rotatable bonds is 4. The Morgan fingerprint density at radius 2 is 1.74 bits per heavy atom. The molecule has 138 valence electrons. The number of thiocarbonyl (C=S) groups is 1. The van der Waals surface area contributed by atoms with Crippen LogP contribution in [0, 0.1) is 0 Å². The molecule has 0 aromatic heterocycles. The number of carbonyl (C=O) groups is 2. The molecule has 0 radical (unpaired) electrons. The van der Waals surface area contributed by atoms with Crippen molar-refractivity contribution in [1.29, 1.82) is 0 Å². The average molecular weight is 398 g/mol. The third-order valence-electron chi connectivity index (χ3n) is 4.24. The molecule has 2 aromatic carbocycles. The lowest BCUT2D eigenvalue weighted by Gasteiger charge is -2.14. The van der Waals surface area contributed by atoms with Crippen molar-refractivity contribution >= 4 is 51.9 Å². The average Bonchev–Trinajstić information content (AvgIpc) is 2.95. The van der Waals surface area contributed by atoms with Crippen LogP contribution in [0.3, 0.4) is 0 Å². The van der Waals surface area contributed by atoms with Gasteiger partial charge in [-0.1, -0.05) is 62.1 Å². The van der Waals surface area contributed by atoms with E-state index in [1.807, 2.05) is 18.2 Å². The summed E-state index contributed by atoms with van der Waals surface area (Å²) < 4.78 is 5.16. The SMILES string of the molecule is COC(=O)c1ccc(N2C(=O)/C(=C\c3ccc(C(C)C)cc3)SC2=S)cc1. The molecule has 0 aliphatic carbocycles. The summed E-state index contributed by atoms with van der Waals surface area (Å²) in [5.74, 6) is -0.120. The van der Waals surface area contributed by atoms with Crippen molar-refractivity contribution < 1.29 is 14.3 Å². The number of methoxy groups -OCH3 is 1. The second kappa shape index (κ2) is 8.06. The number of thioether (sulfide) groups is 1. The van der Waals surface area contributed by atoms with Gasteiger partial charge >= 0.3 is 5.97 Å². The molecule has 0 atom stereocenters. The normalized spacial score (nSPS) is 15.7. The number of esters is 1. The molecular formula is C21H19NO3S2. The highest BCUT2D eigenvalue weighted by Crippen LogP contribution is 2.36. The lowest BCUT2D eigenvalue weighted by molar-refractivity contribution is -0.113. The first-order valence-corrected chi connectivity index (χ1v) is 9.69. The number of anilines is 1. The molecule has 1 fully saturated rings. The fraction of sp³-hybridized carbons (Fsp3) is 0.190. The van der Waals surface area contributed by atoms with E-state index in [0.29, 0.717) is 26.4 Å². The molecule has 0 saturated carbocycles. The lowest BCUT2D eigenvalue weighted by Crippen LogP contribution is -2.27. The third kappa shape index (κ3) is 4.12. The molecule has 1 aliphatic heterocycles. The van der Waals surface area contributed by atoms with Crippen LogP contribution in [0.2, 0.25) is 0 Å². The zero-order chi connectivity index (χ0) is 19.6. The number of ether oxygens (including phenoxy) is 1. The highest BCUT2D eigenvalue weighted by Gasteiger charge is 2.33. The predicted octanol–water partition coefficient (Wildman–Crippen LogP) is 5.00. The van der Waals surface area contributed by atoms with Crippen LogP contribution < -0.4 is 4.90 Å². The van der Waals surface area contributed by atoms with Crippen LogP contribution in [0.4, 0.5) is 5.69 Å². The number of carbonyl (C=O) groups excluding carboxylic acids is 2. The van der Waals surface area contributed by atoms with E-state index in [1.54, 1.807) is 24.3 Å². The molecule has 1 amide bonds. The molecule has 0 N–H and O–H groups in total. The summed E-state index contributed by atoms with van der Waals surface area (Å²) in [4.78, 5) is 26.4. The Balaban J connectivity index is 1.83. The highest BCUT2D eigenvalue weighted by atomic mass is 32.2. The molecule has 1 aliphatic rings. The second-order valence-electron chi connectivity index (χ2n) is 6.38. The van der Waals surface area contributed by atoms with Gasteiger partial charge < -0.3 is 4.74 Å². The molecule has 0 unspecified atom stereocenters. The standard InChI is InChI=1S/C21H19NO3S2/c1-13(2)15-6-4-14(5-7-15)12-18-19(23)22(21(26)27-18)17-10-8-16(9-11-17)20(24)25-3/h4-13H,1-3H3/b18-12+. The Morgan fingerprint density at radius 3 is 2.30 bits per heavy atom. The summed E-state index contributed by atoms with van der Waals surface area (Å²) in [6.07, 6.45) is 1.85. The second-order valence-corrected chi connectivity index (χ2v) is 8.05. The van der Waals surface area contributed by atoms with Crippen molar-refractivity contribution in [2.45, 2.75) is 19.8 Å². The summed E-state index contributed by atoms with van der Waals surface area (Å²) in [5.41, 5.74) is 3.27. The molecular weight excluding hydrogens is 378 g/mol. The van der Waals surface area contributed by atoms with Gasteiger partial charge in [0.1, 0.15) is 0 Å². The maximum Gasteiger partial charge on any atom is 0.337 e. The van der Waals surface area contributed by atoms with Crippen LogP contribution in [0.1, 0.15) is 41.3 Å². The Labute approximate surface area is 168 Å². The van der Waals surface area contributed by atoms with Gasteiger partial charge in [-0.05, 0) is 47.4 Å². The van der Waals surface area contributed by atoms with Crippen LogP contribution in [-0.4, -0.2) is 23.3 Å². The van der Waals surface area contributed by atoms with Crippen LogP contribution >= 0.6 is 24.0 Å². The minimum atomic E-state index is -0.420. The van der Waals surface area contributed by atoms with Crippen molar-refractivity contribution in [3.05, 3.63) is 70.1 Å². The van der Waals surface area contributed by atoms with Gasteiger partial charge in [-0.15, -0.1) is 0 Å². The molecule has 1 saturated heterocycles. The van der Waals surface area contributed by atoms with Gasteiger partial charge in [0.15, 0.2) is 4.32 Å². The molecule has 3 rings (SSSR count). The maximum atomic E-state index is 12.8. The minimum Gasteiger partial charge on any atom is -0.465 e. The van der Waals surface area contributed by atoms with Crippen molar-refractivity contribution in [3.63, 3.8) is 0 Å². The largest absolute Gasteiger partial charge is 0.465 e. The zero-order valence-corrected chi connectivity index (χ0v) is 16.9. The van der Waals surface area contributed by atoms with E-state index in [1.165, 1.54) is 29.3 Å². The van der Waals surface area contributed by atoms with Gasteiger partial charge in [-0.3, -0.25) is 9.69 Å². The van der Waals surface area contributed by atoms with E-state index in [0.717, 1.165) is 5.56 Å². The first-order chi connectivity index (χ1) is 12.9. The summed E-state index contributed by atoms with van der Waals surface area (Å²) >= 11 is 6.66. The van der Waals surface area contributed by atoms with Crippen LogP contribution in [0.5, 0.6) is 0 Å². The molecule has 6 heteroatoms. The third-order valence-corrected chi connectivity index (χ3v) is 5.54. The van der Waals surface area contributed by atoms with E-state index in [2.05, 4.69) is 26.0 Å². The number of hydrogen-bond donors (Lipinski definition) is 0. The summed E-state index contributed by atoms with van der Waals surface area (Å²) in [5, 5.41) is 0. The Morgan fingerprint density at radius 1 is 1.11 bits per heavy atom. The van der Waals surface area contributed by atoms with E-state index in [-0.39, 0.29) is 5.91 Å². The quantitative estimate of drug-likeness (QED) is 0.413. The van der Waals surface area contributed by atoms with Gasteiger partial charge in [0.2, 0.25) is 0 Å². The molecule has 1 heterocycles. The fourth-order valence-electron chi connectivity index (χ4n) is 2.68. The first-order valence-electron chi connectivity index (χ1n) is 8.47. The monoisotopic (exact) mass is 397 g/mol. The Hall–Kier alpha value is -2.44. The van der Waals surface area contributed by atoms with Crippen molar-refractivity contribution in [2.75, 3.05) is 12.0 Å². The lowest BCUT2D eigenvalue weighted by atomic mass is 10.0. The number of amides is 1. The zero-order valence-electron chi connectivity index (χ0n) is 15.3. The van der Waals surface area contributed by atoms with E-state index >= 15 is 0 Å². The van der Waals surface area contributed by atoms with Crippen molar-refractivity contribution in [2.24, 2.45) is 0 Å². The molecule has 2 aromatic rings. The van der Waals surface area contributed by atoms with Crippen LogP contribution in [0.25, 0.3) is 6.08 Å². The summed E-state index contributed by atoms with van der Waals surface area (Å²) in [7, 11) is 1.33. The predicted molar refractivity (Wildman–Crippen MR) is 114 cm³/mol. The van der Waals surface area contributed by atoms with Gasteiger partial charge in [0.05, 0.1) is 23.3 Å². The minimum absolute atomic E-state index is 0.163. The van der Waals surface area contributed by atoms with Crippen molar-refractivity contribution in [1.82, 2.24) is 0 Å². The number of hydrogen-bond acceptors (Lipinski definition) is 5. The van der Waals surface area contributed by atoms with E-state index < -0.39 is 5.97 Å². The smallest absolute Gasteiger partial charge is 0.337 e. The Kier molecular flexibility index (Phi) is 5.77. The summed E-state index contributed by atoms with van der Waals surface area (Å²) in [6, 6.07) is 14.8. The highest BCUT2D eigenvalue weighted by molar-refractivity contribution is 8.27. The van der Waals surface area contributed by atoms with Gasteiger partial charge in [0.25, 0.3) is 5.91 Å². The van der Waals surface area contributed by atoms with E-state index in [9.17, 15) is 9.59 Å².